The number of benzene rings is 2. The molecule has 1 N–H and O–H groups in total. The fraction of sp³-hybridized carbons (Fsp3) is 0.333. The zero-order valence-corrected chi connectivity index (χ0v) is 12.5. The molecule has 0 heterocycles. The third kappa shape index (κ3) is 3.17. The monoisotopic (exact) mass is 253 g/mol. The van der Waals surface area contributed by atoms with Crippen LogP contribution in [0.15, 0.2) is 36.4 Å². The van der Waals surface area contributed by atoms with Crippen LogP contribution in [-0.2, 0) is 0 Å². The second kappa shape index (κ2) is 5.48. The number of nitrogens with one attached hydrogen (secondary N) is 1. The molecule has 19 heavy (non-hydrogen) atoms. The Bertz CT molecular complexity index is 544. The van der Waals surface area contributed by atoms with Crippen molar-refractivity contribution in [3.05, 3.63) is 64.2 Å². The fourth-order valence-electron chi connectivity index (χ4n) is 2.85. The van der Waals surface area contributed by atoms with E-state index in [-0.39, 0.29) is 0 Å². The Morgan fingerprint density at radius 1 is 0.789 bits per heavy atom. The summed E-state index contributed by atoms with van der Waals surface area (Å²) in [4.78, 5) is 0. The summed E-state index contributed by atoms with van der Waals surface area (Å²) in [7, 11) is 0. The lowest BCUT2D eigenvalue weighted by atomic mass is 9.95. The molecule has 0 aliphatic rings. The number of hydrogen-bond acceptors (Lipinski definition) is 1. The lowest BCUT2D eigenvalue weighted by Crippen LogP contribution is -2.10. The summed E-state index contributed by atoms with van der Waals surface area (Å²) < 4.78 is 0. The maximum absolute atomic E-state index is 3.59. The lowest BCUT2D eigenvalue weighted by Gasteiger charge is -2.21. The number of aryl methyl sites for hydroxylation is 4. The van der Waals surface area contributed by atoms with E-state index >= 15 is 0 Å². The average Bonchev–Trinajstić information content (AvgIpc) is 2.30. The maximum atomic E-state index is 3.59. The van der Waals surface area contributed by atoms with Crippen LogP contribution >= 0.6 is 0 Å². The van der Waals surface area contributed by atoms with Gasteiger partial charge in [-0.05, 0) is 63.4 Å². The molecule has 0 saturated heterocycles. The highest BCUT2D eigenvalue weighted by Gasteiger charge is 2.11. The van der Waals surface area contributed by atoms with Crippen LogP contribution in [0.2, 0.25) is 0 Å². The molecule has 0 amide bonds. The molecular weight excluding hydrogens is 230 g/mol. The maximum Gasteiger partial charge on any atom is 0.0490 e. The summed E-state index contributed by atoms with van der Waals surface area (Å²) in [5.74, 6) is 0. The molecule has 2 rings (SSSR count). The van der Waals surface area contributed by atoms with E-state index in [2.05, 4.69) is 76.3 Å². The number of anilines is 1. The van der Waals surface area contributed by atoms with Gasteiger partial charge in [-0.3, -0.25) is 0 Å². The highest BCUT2D eigenvalue weighted by Crippen LogP contribution is 2.26. The van der Waals surface area contributed by atoms with Crippen molar-refractivity contribution >= 4 is 5.69 Å². The van der Waals surface area contributed by atoms with Gasteiger partial charge in [-0.15, -0.1) is 0 Å². The molecule has 2 aromatic carbocycles. The Morgan fingerprint density at radius 2 is 1.32 bits per heavy atom. The molecule has 100 valence electrons. The van der Waals surface area contributed by atoms with Crippen LogP contribution in [0.3, 0.4) is 0 Å². The molecule has 1 unspecified atom stereocenters. The van der Waals surface area contributed by atoms with Gasteiger partial charge in [-0.2, -0.15) is 0 Å². The molecule has 0 saturated carbocycles. The van der Waals surface area contributed by atoms with E-state index in [9.17, 15) is 0 Å². The van der Waals surface area contributed by atoms with Crippen molar-refractivity contribution in [1.29, 1.82) is 0 Å². The minimum absolute atomic E-state index is 0.323. The first kappa shape index (κ1) is 13.7. The van der Waals surface area contributed by atoms with Crippen LogP contribution in [0.5, 0.6) is 0 Å². The van der Waals surface area contributed by atoms with E-state index < -0.39 is 0 Å². The van der Waals surface area contributed by atoms with Gasteiger partial charge in [0.15, 0.2) is 0 Å². The summed E-state index contributed by atoms with van der Waals surface area (Å²) in [5, 5.41) is 3.59. The van der Waals surface area contributed by atoms with E-state index in [0.29, 0.717) is 6.04 Å². The summed E-state index contributed by atoms with van der Waals surface area (Å²) in [6.45, 7) is 10.9. The molecule has 1 atom stereocenters. The molecule has 0 aliphatic carbocycles. The van der Waals surface area contributed by atoms with Gasteiger partial charge in [0.05, 0.1) is 0 Å². The third-order valence-electron chi connectivity index (χ3n) is 3.61. The quantitative estimate of drug-likeness (QED) is 0.803. The van der Waals surface area contributed by atoms with Gasteiger partial charge in [-0.25, -0.2) is 0 Å². The highest BCUT2D eigenvalue weighted by molar-refractivity contribution is 5.49. The number of rotatable bonds is 3. The highest BCUT2D eigenvalue weighted by atomic mass is 14.9. The first-order valence-corrected chi connectivity index (χ1v) is 6.88. The first-order chi connectivity index (χ1) is 8.97. The van der Waals surface area contributed by atoms with Gasteiger partial charge in [0.25, 0.3) is 0 Å². The molecule has 0 bridgehead atoms. The Kier molecular flexibility index (Phi) is 3.94. The molecule has 1 nitrogen and oxygen atoms in total. The second-order valence-corrected chi connectivity index (χ2v) is 5.54. The summed E-state index contributed by atoms with van der Waals surface area (Å²) >= 11 is 0. The summed E-state index contributed by atoms with van der Waals surface area (Å²) in [6.07, 6.45) is 0. The van der Waals surface area contributed by atoms with Crippen LogP contribution in [-0.4, -0.2) is 0 Å². The van der Waals surface area contributed by atoms with Gasteiger partial charge in [0.1, 0.15) is 0 Å². The lowest BCUT2D eigenvalue weighted by molar-refractivity contribution is 0.862. The molecule has 2 aromatic rings. The fourth-order valence-corrected chi connectivity index (χ4v) is 2.85. The van der Waals surface area contributed by atoms with Crippen molar-refractivity contribution in [1.82, 2.24) is 0 Å². The third-order valence-corrected chi connectivity index (χ3v) is 3.61. The van der Waals surface area contributed by atoms with Gasteiger partial charge in [-0.1, -0.05) is 35.4 Å². The molecule has 0 aliphatic heterocycles. The SMILES string of the molecule is Cc1ccc(NC(C)c2c(C)cc(C)cc2C)cc1. The van der Waals surface area contributed by atoms with Crippen LogP contribution in [0.4, 0.5) is 5.69 Å². The molecule has 0 spiro atoms. The van der Waals surface area contributed by atoms with Crippen molar-refractivity contribution < 1.29 is 0 Å². The first-order valence-electron chi connectivity index (χ1n) is 6.88. The van der Waals surface area contributed by atoms with Gasteiger partial charge < -0.3 is 5.32 Å². The van der Waals surface area contributed by atoms with E-state index in [1.54, 1.807) is 0 Å². The van der Waals surface area contributed by atoms with Crippen molar-refractivity contribution in [2.24, 2.45) is 0 Å². The van der Waals surface area contributed by atoms with Crippen molar-refractivity contribution in [3.63, 3.8) is 0 Å². The van der Waals surface area contributed by atoms with Gasteiger partial charge in [0.2, 0.25) is 0 Å². The predicted octanol–water partition coefficient (Wildman–Crippen LogP) is 5.09. The second-order valence-electron chi connectivity index (χ2n) is 5.54. The Balaban J connectivity index is 2.25. The minimum atomic E-state index is 0.323. The van der Waals surface area contributed by atoms with E-state index in [0.717, 1.165) is 0 Å². The zero-order valence-electron chi connectivity index (χ0n) is 12.5. The predicted molar refractivity (Wildman–Crippen MR) is 83.9 cm³/mol. The Morgan fingerprint density at radius 3 is 1.84 bits per heavy atom. The van der Waals surface area contributed by atoms with Crippen molar-refractivity contribution in [2.75, 3.05) is 5.32 Å². The molecule has 0 radical (unpaired) electrons. The van der Waals surface area contributed by atoms with Crippen LogP contribution in [0.25, 0.3) is 0 Å². The van der Waals surface area contributed by atoms with Crippen LogP contribution in [0.1, 0.15) is 40.8 Å². The molecule has 0 aromatic heterocycles. The topological polar surface area (TPSA) is 12.0 Å². The van der Waals surface area contributed by atoms with Crippen molar-refractivity contribution in [3.8, 4) is 0 Å². The van der Waals surface area contributed by atoms with E-state index in [1.165, 1.54) is 33.5 Å². The molecule has 0 fully saturated rings. The summed E-state index contributed by atoms with van der Waals surface area (Å²) in [5.41, 5.74) is 7.94. The zero-order chi connectivity index (χ0) is 14.0. The summed E-state index contributed by atoms with van der Waals surface area (Å²) in [6, 6.07) is 13.4. The van der Waals surface area contributed by atoms with Crippen LogP contribution < -0.4 is 5.32 Å². The van der Waals surface area contributed by atoms with Gasteiger partial charge in [0, 0.05) is 11.7 Å². The standard InChI is InChI=1S/C18H23N/c1-12-6-8-17(9-7-12)19-16(5)18-14(3)10-13(2)11-15(18)4/h6-11,16,19H,1-5H3. The molecule has 1 heteroatoms. The average molecular weight is 253 g/mol. The van der Waals surface area contributed by atoms with Crippen molar-refractivity contribution in [2.45, 2.75) is 40.7 Å². The Hall–Kier alpha value is -1.76. The van der Waals surface area contributed by atoms with Gasteiger partial charge >= 0.3 is 0 Å². The molecular formula is C18H23N. The smallest absolute Gasteiger partial charge is 0.0490 e. The van der Waals surface area contributed by atoms with E-state index in [1.807, 2.05) is 0 Å². The normalized spacial score (nSPS) is 12.3. The largest absolute Gasteiger partial charge is 0.379 e. The Labute approximate surface area is 116 Å². The van der Waals surface area contributed by atoms with Crippen LogP contribution in [0, 0.1) is 27.7 Å². The number of hydrogen-bond donors (Lipinski definition) is 1. The van der Waals surface area contributed by atoms with E-state index in [4.69, 9.17) is 0 Å². The minimum Gasteiger partial charge on any atom is -0.379 e.